The normalized spacial score (nSPS) is 19.3. The van der Waals surface area contributed by atoms with Gasteiger partial charge >= 0.3 is 0 Å². The minimum absolute atomic E-state index is 0.458. The molecule has 1 aliphatic heterocycles. The first-order valence-electron chi connectivity index (χ1n) is 12.9. The zero-order chi connectivity index (χ0) is 24.0. The Morgan fingerprint density at radius 1 is 0.657 bits per heavy atom. The summed E-state index contributed by atoms with van der Waals surface area (Å²) < 4.78 is 3.01. The van der Waals surface area contributed by atoms with E-state index in [0.717, 1.165) is 6.42 Å². The molecule has 4 aromatic carbocycles. The average molecular weight is 496 g/mol. The van der Waals surface area contributed by atoms with E-state index in [0.29, 0.717) is 17.4 Å². The first-order chi connectivity index (χ1) is 17.3. The maximum Gasteiger partial charge on any atom is 0.0321 e. The number of nitrogens with zero attached hydrogens (tertiary/aromatic N) is 1. The second kappa shape index (κ2) is 11.6. The smallest absolute Gasteiger partial charge is 0.0321 e. The van der Waals surface area contributed by atoms with Gasteiger partial charge in [-0.15, -0.1) is 0 Å². The van der Waals surface area contributed by atoms with E-state index in [1.54, 1.807) is 0 Å². The van der Waals surface area contributed by atoms with E-state index in [1.165, 1.54) is 34.6 Å². The summed E-state index contributed by atoms with van der Waals surface area (Å²) in [6.07, 6.45) is 3.67. The van der Waals surface area contributed by atoms with Gasteiger partial charge in [0.15, 0.2) is 0 Å². The zero-order valence-corrected chi connectivity index (χ0v) is 22.5. The first kappa shape index (κ1) is 24.4. The minimum atomic E-state index is -0.642. The van der Waals surface area contributed by atoms with E-state index in [1.807, 2.05) is 0 Å². The van der Waals surface area contributed by atoms with Crippen LogP contribution in [0.3, 0.4) is 0 Å². The summed E-state index contributed by atoms with van der Waals surface area (Å²) in [4.78, 5) is 0. The van der Waals surface area contributed by atoms with E-state index in [2.05, 4.69) is 140 Å². The molecule has 35 heavy (non-hydrogen) atoms. The number of hydrogen-bond donors (Lipinski definition) is 0. The summed E-state index contributed by atoms with van der Waals surface area (Å²) >= 11 is 0. The Labute approximate surface area is 213 Å². The molecule has 1 saturated heterocycles. The van der Waals surface area contributed by atoms with Crippen molar-refractivity contribution in [1.82, 2.24) is 4.44 Å². The standard InChI is InChI=1S/C32H35NP2/c1-3-26(2)33(34(29-20-12-6-13-21-29)30-22-14-7-15-23-30)35-31(27-16-8-4-9-17-27)24-25-32(35)28-18-10-5-11-19-28/h4-23,26,31-32H,3,24-25H2,1-2H3/t26?,31-,32-/m0/s1. The predicted molar refractivity (Wildman–Crippen MR) is 155 cm³/mol. The molecule has 178 valence electrons. The third-order valence-electron chi connectivity index (χ3n) is 7.15. The summed E-state index contributed by atoms with van der Waals surface area (Å²) in [5, 5.41) is 2.92. The van der Waals surface area contributed by atoms with E-state index >= 15 is 0 Å². The van der Waals surface area contributed by atoms with Crippen LogP contribution in [0, 0.1) is 0 Å². The lowest BCUT2D eigenvalue weighted by atomic mass is 10.0. The molecule has 1 aliphatic rings. The Morgan fingerprint density at radius 3 is 1.40 bits per heavy atom. The molecular formula is C32H35NP2. The van der Waals surface area contributed by atoms with Crippen LogP contribution in [0.5, 0.6) is 0 Å². The van der Waals surface area contributed by atoms with Gasteiger partial charge in [0.1, 0.15) is 0 Å². The summed E-state index contributed by atoms with van der Waals surface area (Å²) in [6.45, 7) is 4.83. The molecule has 1 heterocycles. The summed E-state index contributed by atoms with van der Waals surface area (Å²) in [7, 11) is -1.10. The monoisotopic (exact) mass is 495 g/mol. The van der Waals surface area contributed by atoms with Gasteiger partial charge in [-0.05, 0) is 56.0 Å². The summed E-state index contributed by atoms with van der Waals surface area (Å²) in [5.41, 5.74) is 4.20. The largest absolute Gasteiger partial charge is 0.249 e. The Bertz CT molecular complexity index is 1080. The van der Waals surface area contributed by atoms with Crippen LogP contribution in [-0.2, 0) is 0 Å². The van der Waals surface area contributed by atoms with Gasteiger partial charge in [0.05, 0.1) is 0 Å². The van der Waals surface area contributed by atoms with Gasteiger partial charge in [0, 0.05) is 25.4 Å². The zero-order valence-electron chi connectivity index (χ0n) is 20.7. The van der Waals surface area contributed by atoms with E-state index < -0.39 is 16.1 Å². The highest BCUT2D eigenvalue weighted by molar-refractivity contribution is 7.79. The lowest BCUT2D eigenvalue weighted by Crippen LogP contribution is -2.33. The SMILES string of the molecule is CCC(C)N(P(c1ccccc1)c1ccccc1)P1[C@H](c2ccccc2)CC[C@H]1c1ccccc1. The molecule has 5 rings (SSSR count). The molecule has 0 aromatic heterocycles. The predicted octanol–water partition coefficient (Wildman–Crippen LogP) is 8.81. The molecule has 1 fully saturated rings. The second-order valence-electron chi connectivity index (χ2n) is 9.37. The van der Waals surface area contributed by atoms with Gasteiger partial charge in [-0.25, -0.2) is 4.44 Å². The van der Waals surface area contributed by atoms with E-state index in [9.17, 15) is 0 Å². The number of hydrogen-bond acceptors (Lipinski definition) is 1. The molecule has 0 bridgehead atoms. The van der Waals surface area contributed by atoms with Crippen LogP contribution in [-0.4, -0.2) is 10.5 Å². The molecule has 3 heteroatoms. The van der Waals surface area contributed by atoms with Crippen LogP contribution < -0.4 is 10.6 Å². The molecule has 1 unspecified atom stereocenters. The number of benzene rings is 4. The molecule has 0 amide bonds. The fourth-order valence-corrected chi connectivity index (χ4v) is 13.1. The van der Waals surface area contributed by atoms with Gasteiger partial charge in [0.2, 0.25) is 0 Å². The van der Waals surface area contributed by atoms with Crippen molar-refractivity contribution < 1.29 is 0 Å². The van der Waals surface area contributed by atoms with Crippen molar-refractivity contribution in [2.75, 3.05) is 0 Å². The van der Waals surface area contributed by atoms with Crippen molar-refractivity contribution in [2.24, 2.45) is 0 Å². The first-order valence-corrected chi connectivity index (χ1v) is 15.6. The van der Waals surface area contributed by atoms with Crippen molar-refractivity contribution in [3.63, 3.8) is 0 Å². The molecule has 0 saturated carbocycles. The molecule has 3 atom stereocenters. The van der Waals surface area contributed by atoms with Crippen molar-refractivity contribution in [3.8, 4) is 0 Å². The Hall–Kier alpha value is -2.30. The number of rotatable bonds is 8. The van der Waals surface area contributed by atoms with Gasteiger partial charge in [0.25, 0.3) is 0 Å². The molecule has 0 aliphatic carbocycles. The van der Waals surface area contributed by atoms with Gasteiger partial charge in [-0.2, -0.15) is 0 Å². The Balaban J connectivity index is 1.69. The van der Waals surface area contributed by atoms with Crippen LogP contribution in [0.1, 0.15) is 55.6 Å². The van der Waals surface area contributed by atoms with Crippen molar-refractivity contribution >= 4 is 26.8 Å². The van der Waals surface area contributed by atoms with Crippen LogP contribution in [0.25, 0.3) is 0 Å². The fourth-order valence-electron chi connectivity index (χ4n) is 5.29. The van der Waals surface area contributed by atoms with Gasteiger partial charge in [-0.1, -0.05) is 128 Å². The quantitative estimate of drug-likeness (QED) is 0.221. The van der Waals surface area contributed by atoms with E-state index in [4.69, 9.17) is 0 Å². The Morgan fingerprint density at radius 2 is 1.03 bits per heavy atom. The fraction of sp³-hybridized carbons (Fsp3) is 0.250. The van der Waals surface area contributed by atoms with Gasteiger partial charge < -0.3 is 0 Å². The minimum Gasteiger partial charge on any atom is -0.249 e. The van der Waals surface area contributed by atoms with Crippen LogP contribution >= 0.6 is 16.1 Å². The molecular weight excluding hydrogens is 460 g/mol. The average Bonchev–Trinajstić information content (AvgIpc) is 3.38. The van der Waals surface area contributed by atoms with E-state index in [-0.39, 0.29) is 0 Å². The molecule has 0 N–H and O–H groups in total. The summed E-state index contributed by atoms with van der Waals surface area (Å²) in [5.74, 6) is 0. The van der Waals surface area contributed by atoms with Crippen LogP contribution in [0.15, 0.2) is 121 Å². The third-order valence-corrected chi connectivity index (χ3v) is 13.9. The van der Waals surface area contributed by atoms with Crippen LogP contribution in [0.2, 0.25) is 0 Å². The molecule has 0 spiro atoms. The maximum atomic E-state index is 3.01. The Kier molecular flexibility index (Phi) is 8.10. The molecule has 0 radical (unpaired) electrons. The molecule has 4 aromatic rings. The van der Waals surface area contributed by atoms with Crippen molar-refractivity contribution in [3.05, 3.63) is 132 Å². The van der Waals surface area contributed by atoms with Crippen molar-refractivity contribution in [2.45, 2.75) is 50.5 Å². The second-order valence-corrected chi connectivity index (χ2v) is 14.2. The highest BCUT2D eigenvalue weighted by atomic mass is 31.2. The van der Waals surface area contributed by atoms with Crippen molar-refractivity contribution in [1.29, 1.82) is 0 Å². The highest BCUT2D eigenvalue weighted by Gasteiger charge is 2.45. The van der Waals surface area contributed by atoms with Crippen LogP contribution in [0.4, 0.5) is 0 Å². The summed E-state index contributed by atoms with van der Waals surface area (Å²) in [6, 6.07) is 45.8. The van der Waals surface area contributed by atoms with Gasteiger partial charge in [-0.3, -0.25) is 0 Å². The third kappa shape index (κ3) is 5.29. The highest BCUT2D eigenvalue weighted by Crippen LogP contribution is 2.76. The molecule has 1 nitrogen and oxygen atoms in total. The topological polar surface area (TPSA) is 3.24 Å². The lowest BCUT2D eigenvalue weighted by Gasteiger charge is -2.45. The maximum absolute atomic E-state index is 3.01. The lowest BCUT2D eigenvalue weighted by molar-refractivity contribution is 0.510.